The third kappa shape index (κ3) is 5.05. The molecule has 0 bridgehead atoms. The molecule has 2 rings (SSSR count). The summed E-state index contributed by atoms with van der Waals surface area (Å²) >= 11 is 0. The number of phenols is 1. The first kappa shape index (κ1) is 18.5. The van der Waals surface area contributed by atoms with E-state index in [0.717, 1.165) is 6.26 Å². The molecular formula is C17H17NO6S. The second-order valence-corrected chi connectivity index (χ2v) is 7.55. The molecule has 3 N–H and O–H groups in total. The van der Waals surface area contributed by atoms with Crippen molar-refractivity contribution < 1.29 is 28.2 Å². The molecule has 2 aromatic rings. The summed E-state index contributed by atoms with van der Waals surface area (Å²) in [7, 11) is -3.37. The zero-order valence-corrected chi connectivity index (χ0v) is 14.2. The number of carboxylic acids is 1. The largest absolute Gasteiger partial charge is 0.508 e. The highest BCUT2D eigenvalue weighted by Crippen LogP contribution is 2.13. The highest BCUT2D eigenvalue weighted by molar-refractivity contribution is 7.90. The van der Waals surface area contributed by atoms with Crippen LogP contribution in [0.5, 0.6) is 5.75 Å². The Kier molecular flexibility index (Phi) is 5.43. The van der Waals surface area contributed by atoms with Crippen molar-refractivity contribution in [1.82, 2.24) is 5.32 Å². The smallest absolute Gasteiger partial charge is 0.326 e. The van der Waals surface area contributed by atoms with Crippen LogP contribution in [0.2, 0.25) is 0 Å². The summed E-state index contributed by atoms with van der Waals surface area (Å²) < 4.78 is 22.8. The third-order valence-corrected chi connectivity index (χ3v) is 4.65. The van der Waals surface area contributed by atoms with Gasteiger partial charge in [0.15, 0.2) is 9.84 Å². The van der Waals surface area contributed by atoms with Crippen molar-refractivity contribution in [3.8, 4) is 5.75 Å². The minimum absolute atomic E-state index is 0.0444. The molecule has 0 spiro atoms. The van der Waals surface area contributed by atoms with Gasteiger partial charge in [-0.3, -0.25) is 4.79 Å². The van der Waals surface area contributed by atoms with Crippen LogP contribution in [0, 0.1) is 0 Å². The number of rotatable bonds is 6. The van der Waals surface area contributed by atoms with E-state index < -0.39 is 27.8 Å². The van der Waals surface area contributed by atoms with E-state index in [9.17, 15) is 28.2 Å². The maximum absolute atomic E-state index is 12.2. The first-order chi connectivity index (χ1) is 11.7. The Hall–Kier alpha value is -2.87. The summed E-state index contributed by atoms with van der Waals surface area (Å²) in [5.41, 5.74) is 0.794. The summed E-state index contributed by atoms with van der Waals surface area (Å²) in [6.45, 7) is 0. The maximum atomic E-state index is 12.2. The minimum Gasteiger partial charge on any atom is -0.508 e. The summed E-state index contributed by atoms with van der Waals surface area (Å²) in [4.78, 5) is 23.7. The Bertz CT molecular complexity index is 872. The third-order valence-electron chi connectivity index (χ3n) is 3.52. The summed E-state index contributed by atoms with van der Waals surface area (Å²) in [5.74, 6) is -1.76. The molecule has 1 atom stereocenters. The number of nitrogens with one attached hydrogen (secondary N) is 1. The molecule has 0 aromatic heterocycles. The topological polar surface area (TPSA) is 121 Å². The normalized spacial score (nSPS) is 12.4. The number of amides is 1. The maximum Gasteiger partial charge on any atom is 0.326 e. The van der Waals surface area contributed by atoms with Crippen molar-refractivity contribution in [3.05, 3.63) is 59.7 Å². The fourth-order valence-corrected chi connectivity index (χ4v) is 2.79. The molecule has 2 aromatic carbocycles. The van der Waals surface area contributed by atoms with E-state index >= 15 is 0 Å². The molecule has 0 radical (unpaired) electrons. The number of aliphatic carboxylic acids is 1. The number of phenolic OH excluding ortho intramolecular Hbond substituents is 1. The van der Waals surface area contributed by atoms with E-state index in [-0.39, 0.29) is 22.6 Å². The van der Waals surface area contributed by atoms with Crippen LogP contribution in [0.4, 0.5) is 0 Å². The molecule has 25 heavy (non-hydrogen) atoms. The number of hydrogen-bond donors (Lipinski definition) is 3. The highest BCUT2D eigenvalue weighted by Gasteiger charge is 2.21. The number of benzene rings is 2. The van der Waals surface area contributed by atoms with E-state index in [1.54, 1.807) is 12.1 Å². The lowest BCUT2D eigenvalue weighted by Gasteiger charge is -2.15. The van der Waals surface area contributed by atoms with Crippen LogP contribution in [0.3, 0.4) is 0 Å². The molecule has 8 heteroatoms. The predicted octanol–water partition coefficient (Wildman–Crippen LogP) is 1.22. The zero-order chi connectivity index (χ0) is 18.6. The van der Waals surface area contributed by atoms with Gasteiger partial charge in [-0.2, -0.15) is 0 Å². The van der Waals surface area contributed by atoms with Crippen molar-refractivity contribution in [1.29, 1.82) is 0 Å². The number of sulfone groups is 1. The lowest BCUT2D eigenvalue weighted by atomic mass is 10.1. The van der Waals surface area contributed by atoms with Crippen LogP contribution in [0.1, 0.15) is 15.9 Å². The standard InChI is InChI=1S/C17H17NO6S/c1-25(23,24)14-8-4-12(5-9-14)16(20)18-15(17(21)22)10-11-2-6-13(19)7-3-11/h2-9,15,19H,10H2,1H3,(H,18,20)(H,21,22). The van der Waals surface area contributed by atoms with E-state index in [1.807, 2.05) is 0 Å². The molecule has 0 aliphatic carbocycles. The van der Waals surface area contributed by atoms with Gasteiger partial charge in [-0.1, -0.05) is 12.1 Å². The van der Waals surface area contributed by atoms with Crippen molar-refractivity contribution in [2.24, 2.45) is 0 Å². The van der Waals surface area contributed by atoms with Gasteiger partial charge in [0.1, 0.15) is 11.8 Å². The zero-order valence-electron chi connectivity index (χ0n) is 13.3. The fourth-order valence-electron chi connectivity index (χ4n) is 2.16. The van der Waals surface area contributed by atoms with Crippen molar-refractivity contribution in [2.45, 2.75) is 17.4 Å². The van der Waals surface area contributed by atoms with Crippen LogP contribution >= 0.6 is 0 Å². The van der Waals surface area contributed by atoms with Gasteiger partial charge < -0.3 is 15.5 Å². The number of carbonyl (C=O) groups excluding carboxylic acids is 1. The van der Waals surface area contributed by atoms with E-state index in [1.165, 1.54) is 36.4 Å². The molecule has 0 saturated carbocycles. The minimum atomic E-state index is -3.37. The van der Waals surface area contributed by atoms with Gasteiger partial charge in [-0.15, -0.1) is 0 Å². The van der Waals surface area contributed by atoms with Gasteiger partial charge in [0.2, 0.25) is 0 Å². The van der Waals surface area contributed by atoms with Crippen LogP contribution < -0.4 is 5.32 Å². The molecule has 132 valence electrons. The second-order valence-electron chi connectivity index (χ2n) is 5.53. The Morgan fingerprint density at radius 1 is 1.04 bits per heavy atom. The van der Waals surface area contributed by atoms with Gasteiger partial charge in [0.25, 0.3) is 5.91 Å². The Balaban J connectivity index is 2.12. The van der Waals surface area contributed by atoms with Crippen LogP contribution in [-0.4, -0.2) is 42.8 Å². The van der Waals surface area contributed by atoms with Gasteiger partial charge in [-0.05, 0) is 42.0 Å². The first-order valence-electron chi connectivity index (χ1n) is 7.28. The van der Waals surface area contributed by atoms with Crippen LogP contribution in [0.15, 0.2) is 53.4 Å². The fraction of sp³-hybridized carbons (Fsp3) is 0.176. The lowest BCUT2D eigenvalue weighted by Crippen LogP contribution is -2.42. The van der Waals surface area contributed by atoms with Crippen LogP contribution in [-0.2, 0) is 21.1 Å². The van der Waals surface area contributed by atoms with E-state index in [4.69, 9.17) is 0 Å². The van der Waals surface area contributed by atoms with Gasteiger partial charge >= 0.3 is 5.97 Å². The van der Waals surface area contributed by atoms with Crippen molar-refractivity contribution in [3.63, 3.8) is 0 Å². The van der Waals surface area contributed by atoms with E-state index in [0.29, 0.717) is 5.56 Å². The lowest BCUT2D eigenvalue weighted by molar-refractivity contribution is -0.139. The van der Waals surface area contributed by atoms with Crippen molar-refractivity contribution >= 4 is 21.7 Å². The molecule has 0 heterocycles. The van der Waals surface area contributed by atoms with Gasteiger partial charge in [-0.25, -0.2) is 13.2 Å². The summed E-state index contributed by atoms with van der Waals surface area (Å²) in [6, 6.07) is 10.1. The molecule has 0 aliphatic rings. The Morgan fingerprint density at radius 2 is 1.60 bits per heavy atom. The molecule has 1 unspecified atom stereocenters. The Morgan fingerprint density at radius 3 is 2.08 bits per heavy atom. The average molecular weight is 363 g/mol. The van der Waals surface area contributed by atoms with Crippen LogP contribution in [0.25, 0.3) is 0 Å². The quantitative estimate of drug-likeness (QED) is 0.710. The number of carbonyl (C=O) groups is 2. The predicted molar refractivity (Wildman–Crippen MR) is 90.3 cm³/mol. The van der Waals surface area contributed by atoms with Gasteiger partial charge in [0.05, 0.1) is 4.90 Å². The van der Waals surface area contributed by atoms with Crippen molar-refractivity contribution in [2.75, 3.05) is 6.26 Å². The summed E-state index contributed by atoms with van der Waals surface area (Å²) in [6.07, 6.45) is 1.10. The highest BCUT2D eigenvalue weighted by atomic mass is 32.2. The summed E-state index contributed by atoms with van der Waals surface area (Å²) in [5, 5.41) is 20.9. The molecule has 0 saturated heterocycles. The SMILES string of the molecule is CS(=O)(=O)c1ccc(C(=O)NC(Cc2ccc(O)cc2)C(=O)O)cc1. The number of hydrogen-bond acceptors (Lipinski definition) is 5. The molecule has 7 nitrogen and oxygen atoms in total. The molecular weight excluding hydrogens is 346 g/mol. The average Bonchev–Trinajstić information content (AvgIpc) is 2.55. The van der Waals surface area contributed by atoms with Gasteiger partial charge in [0, 0.05) is 18.2 Å². The molecule has 1 amide bonds. The molecule has 0 aliphatic heterocycles. The second kappa shape index (κ2) is 7.35. The first-order valence-corrected chi connectivity index (χ1v) is 9.17. The monoisotopic (exact) mass is 363 g/mol. The Labute approximate surface area is 144 Å². The molecule has 0 fully saturated rings. The number of aromatic hydroxyl groups is 1. The van der Waals surface area contributed by atoms with E-state index in [2.05, 4.69) is 5.32 Å². The number of carboxylic acid groups (broad SMARTS) is 1.